The van der Waals surface area contributed by atoms with E-state index in [1.165, 1.54) is 6.07 Å². The van der Waals surface area contributed by atoms with Crippen LogP contribution in [-0.2, 0) is 11.3 Å². The maximum Gasteiger partial charge on any atom is 0.343 e. The summed E-state index contributed by atoms with van der Waals surface area (Å²) in [5.74, 6) is -0.275. The van der Waals surface area contributed by atoms with Crippen LogP contribution in [0.3, 0.4) is 0 Å². The van der Waals surface area contributed by atoms with E-state index in [0.717, 1.165) is 22.6 Å². The first-order valence-corrected chi connectivity index (χ1v) is 9.56. The number of hydrogen-bond acceptors (Lipinski definition) is 4. The average molecular weight is 377 g/mol. The van der Waals surface area contributed by atoms with Crippen molar-refractivity contribution in [3.05, 3.63) is 64.4 Å². The number of nitrogens with zero attached hydrogens (tertiary/aromatic N) is 3. The minimum absolute atomic E-state index is 0.0764. The fraction of sp³-hybridized carbons (Fsp3) is 0.318. The Bertz CT molecular complexity index is 1080. The van der Waals surface area contributed by atoms with Crippen molar-refractivity contribution in [3.8, 4) is 22.6 Å². The van der Waals surface area contributed by atoms with Crippen LogP contribution in [-0.4, -0.2) is 26.9 Å². The number of benzene rings is 1. The average Bonchev–Trinajstić information content (AvgIpc) is 3.12. The number of rotatable bonds is 4. The smallest absolute Gasteiger partial charge is 0.343 e. The van der Waals surface area contributed by atoms with E-state index in [9.17, 15) is 9.59 Å². The lowest BCUT2D eigenvalue weighted by atomic mass is 9.99. The number of carbonyl (C=O) groups excluding carboxylic acids is 1. The zero-order chi connectivity index (χ0) is 19.8. The standard InChI is InChI=1S/C22H23N3O3/c1-4-28-22(27)16-12-24-18(11-21(16)26)19-10-17(15-8-6-5-7-9-15)23-25(19)13-20(24)14(2)3/h5-12,14,20H,4,13H2,1-3H3. The van der Waals surface area contributed by atoms with Crippen molar-refractivity contribution < 1.29 is 9.53 Å². The van der Waals surface area contributed by atoms with E-state index in [1.807, 2.05) is 45.6 Å². The van der Waals surface area contributed by atoms with Gasteiger partial charge in [-0.15, -0.1) is 0 Å². The molecule has 0 saturated carbocycles. The van der Waals surface area contributed by atoms with E-state index in [0.29, 0.717) is 12.5 Å². The maximum atomic E-state index is 12.6. The van der Waals surface area contributed by atoms with Crippen molar-refractivity contribution >= 4 is 5.97 Å². The molecule has 0 N–H and O–H groups in total. The first-order valence-electron chi connectivity index (χ1n) is 9.56. The molecule has 1 unspecified atom stereocenters. The Morgan fingerprint density at radius 2 is 1.96 bits per heavy atom. The van der Waals surface area contributed by atoms with E-state index in [1.54, 1.807) is 13.1 Å². The fourth-order valence-corrected chi connectivity index (χ4v) is 3.70. The Morgan fingerprint density at radius 3 is 2.64 bits per heavy atom. The highest BCUT2D eigenvalue weighted by atomic mass is 16.5. The molecule has 0 amide bonds. The van der Waals surface area contributed by atoms with Gasteiger partial charge in [0.25, 0.3) is 0 Å². The first-order chi connectivity index (χ1) is 13.5. The van der Waals surface area contributed by atoms with Crippen LogP contribution in [0.25, 0.3) is 22.6 Å². The molecule has 1 aromatic carbocycles. The topological polar surface area (TPSA) is 66.1 Å². The second-order valence-electron chi connectivity index (χ2n) is 7.34. The molecule has 0 fully saturated rings. The molecule has 3 aromatic rings. The summed E-state index contributed by atoms with van der Waals surface area (Å²) in [7, 11) is 0. The Balaban J connectivity index is 1.88. The molecule has 0 spiro atoms. The van der Waals surface area contributed by atoms with Crippen LogP contribution in [0.2, 0.25) is 0 Å². The summed E-state index contributed by atoms with van der Waals surface area (Å²) in [6, 6.07) is 13.6. The van der Waals surface area contributed by atoms with E-state index in [-0.39, 0.29) is 23.6 Å². The second kappa shape index (κ2) is 7.11. The van der Waals surface area contributed by atoms with Crippen LogP contribution in [0.5, 0.6) is 0 Å². The van der Waals surface area contributed by atoms with Crippen molar-refractivity contribution in [2.75, 3.05) is 6.61 Å². The summed E-state index contributed by atoms with van der Waals surface area (Å²) >= 11 is 0. The molecule has 6 nitrogen and oxygen atoms in total. The minimum Gasteiger partial charge on any atom is -0.462 e. The molecule has 2 aromatic heterocycles. The molecule has 6 heteroatoms. The first kappa shape index (κ1) is 18.2. The second-order valence-corrected chi connectivity index (χ2v) is 7.34. The molecule has 0 bridgehead atoms. The summed E-state index contributed by atoms with van der Waals surface area (Å²) in [6.45, 7) is 6.90. The summed E-state index contributed by atoms with van der Waals surface area (Å²) in [5, 5.41) is 4.78. The van der Waals surface area contributed by atoms with Crippen LogP contribution in [0.4, 0.5) is 0 Å². The number of aromatic nitrogens is 3. The number of carbonyl (C=O) groups is 1. The number of hydrogen-bond donors (Lipinski definition) is 0. The molecule has 1 aliphatic rings. The largest absolute Gasteiger partial charge is 0.462 e. The third-order valence-electron chi connectivity index (χ3n) is 5.17. The van der Waals surface area contributed by atoms with E-state index in [4.69, 9.17) is 9.84 Å². The van der Waals surface area contributed by atoms with E-state index in [2.05, 4.69) is 13.8 Å². The highest BCUT2D eigenvalue weighted by molar-refractivity contribution is 5.89. The quantitative estimate of drug-likeness (QED) is 0.649. The van der Waals surface area contributed by atoms with Crippen LogP contribution in [0.1, 0.15) is 37.2 Å². The predicted octanol–water partition coefficient (Wildman–Crippen LogP) is 3.77. The van der Waals surface area contributed by atoms with Crippen molar-refractivity contribution in [3.63, 3.8) is 0 Å². The van der Waals surface area contributed by atoms with Gasteiger partial charge in [-0.05, 0) is 18.9 Å². The summed E-state index contributed by atoms with van der Waals surface area (Å²) in [4.78, 5) is 24.8. The third-order valence-corrected chi connectivity index (χ3v) is 5.17. The van der Waals surface area contributed by atoms with Crippen molar-refractivity contribution in [2.45, 2.75) is 33.4 Å². The molecular weight excluding hydrogens is 354 g/mol. The zero-order valence-corrected chi connectivity index (χ0v) is 16.3. The fourth-order valence-electron chi connectivity index (χ4n) is 3.70. The van der Waals surface area contributed by atoms with Gasteiger partial charge in [0.15, 0.2) is 5.43 Å². The Kier molecular flexibility index (Phi) is 4.63. The number of pyridine rings is 1. The van der Waals surface area contributed by atoms with Gasteiger partial charge in [-0.3, -0.25) is 9.48 Å². The van der Waals surface area contributed by atoms with Gasteiger partial charge < -0.3 is 9.30 Å². The van der Waals surface area contributed by atoms with Gasteiger partial charge in [0.05, 0.1) is 36.3 Å². The summed E-state index contributed by atoms with van der Waals surface area (Å²) in [5.41, 5.74) is 3.30. The van der Waals surface area contributed by atoms with Crippen molar-refractivity contribution in [2.24, 2.45) is 5.92 Å². The van der Waals surface area contributed by atoms with Crippen LogP contribution < -0.4 is 5.43 Å². The van der Waals surface area contributed by atoms with Crippen LogP contribution in [0.15, 0.2) is 53.5 Å². The maximum absolute atomic E-state index is 12.6. The van der Waals surface area contributed by atoms with Gasteiger partial charge in [0.1, 0.15) is 5.56 Å². The predicted molar refractivity (Wildman–Crippen MR) is 107 cm³/mol. The van der Waals surface area contributed by atoms with Crippen LogP contribution in [0, 0.1) is 5.92 Å². The molecule has 3 heterocycles. The molecular formula is C22H23N3O3. The SMILES string of the molecule is CCOC(=O)c1cn2c(cc1=O)-c1cc(-c3ccccc3)nn1CC2C(C)C. The molecule has 0 radical (unpaired) electrons. The zero-order valence-electron chi connectivity index (χ0n) is 16.3. The summed E-state index contributed by atoms with van der Waals surface area (Å²) < 4.78 is 9.05. The molecule has 28 heavy (non-hydrogen) atoms. The van der Waals surface area contributed by atoms with Crippen LogP contribution >= 0.6 is 0 Å². The molecule has 0 aliphatic carbocycles. The van der Waals surface area contributed by atoms with Gasteiger partial charge in [-0.1, -0.05) is 44.2 Å². The Hall–Kier alpha value is -3.15. The molecule has 0 saturated heterocycles. The van der Waals surface area contributed by atoms with E-state index < -0.39 is 5.97 Å². The lowest BCUT2D eigenvalue weighted by Gasteiger charge is -2.32. The lowest BCUT2D eigenvalue weighted by molar-refractivity contribution is 0.0523. The van der Waals surface area contributed by atoms with Gasteiger partial charge in [0.2, 0.25) is 0 Å². The number of esters is 1. The summed E-state index contributed by atoms with van der Waals surface area (Å²) in [6.07, 6.45) is 1.65. The highest BCUT2D eigenvalue weighted by Gasteiger charge is 2.29. The van der Waals surface area contributed by atoms with Crippen molar-refractivity contribution in [1.29, 1.82) is 0 Å². The monoisotopic (exact) mass is 377 g/mol. The molecule has 4 rings (SSSR count). The lowest BCUT2D eigenvalue weighted by Crippen LogP contribution is -2.31. The van der Waals surface area contributed by atoms with Crippen molar-refractivity contribution in [1.82, 2.24) is 14.3 Å². The normalized spacial score (nSPS) is 15.2. The van der Waals surface area contributed by atoms with Gasteiger partial charge in [-0.2, -0.15) is 5.10 Å². The van der Waals surface area contributed by atoms with Gasteiger partial charge >= 0.3 is 5.97 Å². The Morgan fingerprint density at radius 1 is 1.21 bits per heavy atom. The number of fused-ring (bicyclic) bond motifs is 3. The number of ether oxygens (including phenoxy) is 1. The minimum atomic E-state index is -0.575. The van der Waals surface area contributed by atoms with Gasteiger partial charge in [0, 0.05) is 17.8 Å². The molecule has 144 valence electrons. The molecule has 1 atom stereocenters. The molecule has 1 aliphatic heterocycles. The van der Waals surface area contributed by atoms with E-state index >= 15 is 0 Å². The Labute approximate surface area is 163 Å². The third kappa shape index (κ3) is 3.05. The van der Waals surface area contributed by atoms with Gasteiger partial charge in [-0.25, -0.2) is 4.79 Å². The highest BCUT2D eigenvalue weighted by Crippen LogP contribution is 2.35.